The topological polar surface area (TPSA) is 59.0 Å². The minimum atomic E-state index is -0.464. The molecule has 1 aromatic carbocycles. The maximum absolute atomic E-state index is 12.7. The predicted molar refractivity (Wildman–Crippen MR) is 101 cm³/mol. The number of carbonyl (C=O) groups is 1. The Morgan fingerprint density at radius 1 is 1.41 bits per heavy atom. The normalized spacial score (nSPS) is 38.3. The maximum Gasteiger partial charge on any atom is 0.410 e. The van der Waals surface area contributed by atoms with E-state index in [-0.39, 0.29) is 29.6 Å². The van der Waals surface area contributed by atoms with Crippen molar-refractivity contribution in [2.24, 2.45) is 11.8 Å². The van der Waals surface area contributed by atoms with E-state index in [1.165, 1.54) is 22.3 Å². The molecular weight excluding hydrogens is 342 g/mol. The zero-order valence-corrected chi connectivity index (χ0v) is 16.6. The lowest BCUT2D eigenvalue weighted by molar-refractivity contribution is -0.122. The monoisotopic (exact) mass is 371 g/mol. The molecule has 1 unspecified atom stereocenters. The maximum atomic E-state index is 12.7. The number of benzene rings is 1. The number of amides is 1. The summed E-state index contributed by atoms with van der Waals surface area (Å²) in [7, 11) is 0. The van der Waals surface area contributed by atoms with Crippen molar-refractivity contribution in [2.75, 3.05) is 13.2 Å². The van der Waals surface area contributed by atoms with Gasteiger partial charge in [-0.25, -0.2) is 4.79 Å². The number of hydrogen-bond acceptors (Lipinski definition) is 4. The van der Waals surface area contributed by atoms with Gasteiger partial charge in [-0.1, -0.05) is 13.0 Å². The molecule has 2 heterocycles. The van der Waals surface area contributed by atoms with Crippen molar-refractivity contribution in [1.82, 2.24) is 4.90 Å². The molecule has 2 bridgehead atoms. The number of carbonyl (C=O) groups excluding carboxylic acids is 1. The van der Waals surface area contributed by atoms with Crippen molar-refractivity contribution in [3.63, 3.8) is 0 Å². The number of aliphatic hydroxyl groups excluding tert-OH is 1. The molecule has 1 saturated carbocycles. The first kappa shape index (κ1) is 17.4. The van der Waals surface area contributed by atoms with Gasteiger partial charge in [0.1, 0.15) is 11.9 Å². The molecule has 2 aliphatic carbocycles. The van der Waals surface area contributed by atoms with Crippen LogP contribution >= 0.6 is 0 Å². The molecule has 0 aromatic heterocycles. The molecule has 2 aliphatic heterocycles. The van der Waals surface area contributed by atoms with Crippen molar-refractivity contribution in [1.29, 1.82) is 0 Å². The quantitative estimate of drug-likeness (QED) is 0.824. The van der Waals surface area contributed by atoms with Gasteiger partial charge in [0.25, 0.3) is 0 Å². The second-order valence-electron chi connectivity index (χ2n) is 9.00. The minimum Gasteiger partial charge on any atom is -0.486 e. The molecule has 1 saturated heterocycles. The van der Waals surface area contributed by atoms with Gasteiger partial charge >= 0.3 is 6.09 Å². The lowest BCUT2D eigenvalue weighted by Crippen LogP contribution is -2.69. The first-order valence-electron chi connectivity index (χ1n) is 10.3. The molecular formula is C22H29NO4. The number of rotatable bonds is 1. The van der Waals surface area contributed by atoms with Gasteiger partial charge in [-0.15, -0.1) is 0 Å². The molecule has 5 nitrogen and oxygen atoms in total. The largest absolute Gasteiger partial charge is 0.486 e. The molecule has 5 rings (SSSR count). The average Bonchev–Trinajstić information content (AvgIpc) is 2.95. The summed E-state index contributed by atoms with van der Waals surface area (Å²) in [4.78, 5) is 14.6. The van der Waals surface area contributed by atoms with E-state index in [0.29, 0.717) is 19.1 Å². The summed E-state index contributed by atoms with van der Waals surface area (Å²) in [6.45, 7) is 9.32. The van der Waals surface area contributed by atoms with Gasteiger partial charge in [-0.3, -0.25) is 0 Å². The molecule has 1 amide bonds. The zero-order valence-electron chi connectivity index (χ0n) is 16.6. The summed E-state index contributed by atoms with van der Waals surface area (Å²) in [5.74, 6) is 1.48. The van der Waals surface area contributed by atoms with E-state index in [0.717, 1.165) is 25.0 Å². The lowest BCUT2D eigenvalue weighted by Gasteiger charge is -2.59. The van der Waals surface area contributed by atoms with Crippen LogP contribution in [0.5, 0.6) is 5.75 Å². The van der Waals surface area contributed by atoms with Crippen LogP contribution in [-0.4, -0.2) is 47.5 Å². The van der Waals surface area contributed by atoms with Crippen LogP contribution in [0.2, 0.25) is 0 Å². The average molecular weight is 371 g/mol. The smallest absolute Gasteiger partial charge is 0.410 e. The van der Waals surface area contributed by atoms with Crippen molar-refractivity contribution in [3.05, 3.63) is 28.3 Å². The Morgan fingerprint density at radius 2 is 2.19 bits per heavy atom. The van der Waals surface area contributed by atoms with E-state index in [9.17, 15) is 9.90 Å². The predicted octanol–water partition coefficient (Wildman–Crippen LogP) is 3.11. The molecule has 1 N–H and O–H groups in total. The summed E-state index contributed by atoms with van der Waals surface area (Å²) in [5, 5.41) is 11.0. The van der Waals surface area contributed by atoms with Crippen LogP contribution in [0.4, 0.5) is 4.79 Å². The number of likely N-dealkylation sites (tertiary alicyclic amines) is 1. The van der Waals surface area contributed by atoms with E-state index in [2.05, 4.69) is 26.8 Å². The Bertz CT molecular complexity index is 821. The van der Waals surface area contributed by atoms with Crippen LogP contribution < -0.4 is 4.74 Å². The Kier molecular flexibility index (Phi) is 3.62. The summed E-state index contributed by atoms with van der Waals surface area (Å²) in [6.07, 6.45) is 1.76. The molecule has 2 fully saturated rings. The second-order valence-corrected chi connectivity index (χ2v) is 9.00. The number of hydrogen-bond donors (Lipinski definition) is 1. The summed E-state index contributed by atoms with van der Waals surface area (Å²) in [5.41, 5.74) is 4.95. The zero-order chi connectivity index (χ0) is 19.1. The van der Waals surface area contributed by atoms with Crippen LogP contribution in [0, 0.1) is 25.7 Å². The molecule has 27 heavy (non-hydrogen) atoms. The fourth-order valence-electron chi connectivity index (χ4n) is 6.65. The fourth-order valence-corrected chi connectivity index (χ4v) is 6.65. The van der Waals surface area contributed by atoms with Gasteiger partial charge in [0, 0.05) is 23.6 Å². The Hall–Kier alpha value is -1.75. The van der Waals surface area contributed by atoms with Crippen LogP contribution in [-0.2, 0) is 16.6 Å². The van der Waals surface area contributed by atoms with Crippen molar-refractivity contribution in [3.8, 4) is 5.75 Å². The third kappa shape index (κ3) is 2.01. The first-order chi connectivity index (χ1) is 12.9. The lowest BCUT2D eigenvalue weighted by atomic mass is 9.49. The highest BCUT2D eigenvalue weighted by molar-refractivity contribution is 5.70. The van der Waals surface area contributed by atoms with Crippen molar-refractivity contribution >= 4 is 6.09 Å². The molecule has 146 valence electrons. The highest BCUT2D eigenvalue weighted by atomic mass is 16.6. The highest BCUT2D eigenvalue weighted by Crippen LogP contribution is 2.64. The van der Waals surface area contributed by atoms with Gasteiger partial charge in [0.05, 0.1) is 12.7 Å². The van der Waals surface area contributed by atoms with Gasteiger partial charge < -0.3 is 19.5 Å². The number of aliphatic hydroxyl groups is 1. The van der Waals surface area contributed by atoms with Gasteiger partial charge in [0.2, 0.25) is 0 Å². The van der Waals surface area contributed by atoms with E-state index in [1.54, 1.807) is 0 Å². The summed E-state index contributed by atoms with van der Waals surface area (Å²) < 4.78 is 11.9. The third-order valence-corrected chi connectivity index (χ3v) is 7.74. The molecule has 5 heteroatoms. The Labute approximate surface area is 160 Å². The fraction of sp³-hybridized carbons (Fsp3) is 0.682. The molecule has 0 radical (unpaired) electrons. The van der Waals surface area contributed by atoms with Crippen LogP contribution in [0.3, 0.4) is 0 Å². The van der Waals surface area contributed by atoms with Crippen LogP contribution in [0.15, 0.2) is 6.07 Å². The van der Waals surface area contributed by atoms with E-state index >= 15 is 0 Å². The summed E-state index contributed by atoms with van der Waals surface area (Å²) >= 11 is 0. The van der Waals surface area contributed by atoms with Gasteiger partial charge in [0.15, 0.2) is 0 Å². The van der Waals surface area contributed by atoms with E-state index in [4.69, 9.17) is 9.47 Å². The Balaban J connectivity index is 1.71. The molecule has 1 aromatic rings. The molecule has 4 aliphatic rings. The van der Waals surface area contributed by atoms with Crippen LogP contribution in [0.25, 0.3) is 0 Å². The number of aryl methyl sites for hydroxylation is 2. The second kappa shape index (κ2) is 5.63. The summed E-state index contributed by atoms with van der Waals surface area (Å²) in [6, 6.07) is 2.32. The van der Waals surface area contributed by atoms with E-state index < -0.39 is 6.10 Å². The SMILES string of the molecule is CCOC(=O)N1CC[C@]23c4c5c(C)cc(C)c4O[C@H]2C(O)[C@H](C)C[C@H]3[C@H]1C5. The third-order valence-electron chi connectivity index (χ3n) is 7.74. The number of nitrogens with zero attached hydrogens (tertiary/aromatic N) is 1. The van der Waals surface area contributed by atoms with Gasteiger partial charge in [-0.2, -0.15) is 0 Å². The van der Waals surface area contributed by atoms with E-state index in [1.807, 2.05) is 11.8 Å². The molecule has 6 atom stereocenters. The Morgan fingerprint density at radius 3 is 2.93 bits per heavy atom. The number of ether oxygens (including phenoxy) is 2. The standard InChI is InChI=1S/C22H29NO4/c1-5-26-21(25)23-7-6-22-15-9-12(3)18(24)20(22)27-19-13(4)8-11(2)14(17(19)22)10-16(15)23/h8,12,15-16,18,20,24H,5-7,9-10H2,1-4H3/t12-,15+,16-,18?,20+,22+/m1/s1. The number of piperidine rings is 1. The van der Waals surface area contributed by atoms with Crippen molar-refractivity contribution in [2.45, 2.75) is 70.6 Å². The van der Waals surface area contributed by atoms with Crippen molar-refractivity contribution < 1.29 is 19.4 Å². The molecule has 1 spiro atoms. The van der Waals surface area contributed by atoms with Gasteiger partial charge in [-0.05, 0) is 68.6 Å². The highest BCUT2D eigenvalue weighted by Gasteiger charge is 2.67. The first-order valence-corrected chi connectivity index (χ1v) is 10.3. The van der Waals surface area contributed by atoms with Crippen LogP contribution in [0.1, 0.15) is 48.9 Å². The minimum absolute atomic E-state index is 0.124.